The zero-order valence-electron chi connectivity index (χ0n) is 19.9. The number of imidazole rings is 1. The van der Waals surface area contributed by atoms with Gasteiger partial charge < -0.3 is 14.6 Å². The van der Waals surface area contributed by atoms with Crippen LogP contribution in [0.3, 0.4) is 0 Å². The quantitative estimate of drug-likeness (QED) is 0.394. The Hall–Kier alpha value is -3.19. The van der Waals surface area contributed by atoms with Crippen LogP contribution in [0.4, 0.5) is 4.39 Å². The second-order valence-corrected chi connectivity index (χ2v) is 9.52. The predicted octanol–water partition coefficient (Wildman–Crippen LogP) is 5.88. The van der Waals surface area contributed by atoms with Crippen molar-refractivity contribution in [3.05, 3.63) is 76.3 Å². The summed E-state index contributed by atoms with van der Waals surface area (Å²) in [6.45, 7) is 4.85. The maximum atomic E-state index is 13.6. The van der Waals surface area contributed by atoms with Crippen molar-refractivity contribution in [1.82, 2.24) is 14.9 Å². The normalized spacial score (nSPS) is 15.8. The molecule has 3 aromatic rings. The van der Waals surface area contributed by atoms with E-state index in [0.717, 1.165) is 24.1 Å². The largest absolute Gasteiger partial charge is 0.462 e. The fraction of sp³-hybridized carbons (Fsp3) is 0.370. The Morgan fingerprint density at radius 2 is 2.03 bits per heavy atom. The first-order chi connectivity index (χ1) is 16.8. The zero-order valence-corrected chi connectivity index (χ0v) is 20.6. The van der Waals surface area contributed by atoms with E-state index in [1.54, 1.807) is 24.3 Å². The van der Waals surface area contributed by atoms with E-state index in [-0.39, 0.29) is 29.7 Å². The lowest BCUT2D eigenvalue weighted by atomic mass is 10.0. The highest BCUT2D eigenvalue weighted by Crippen LogP contribution is 2.29. The summed E-state index contributed by atoms with van der Waals surface area (Å²) < 4.78 is 21.1. The lowest BCUT2D eigenvalue weighted by Gasteiger charge is -2.23. The van der Waals surface area contributed by atoms with Gasteiger partial charge in [-0.05, 0) is 60.7 Å². The molecular formula is C27H29ClFN3O3. The Bertz CT molecular complexity index is 1210. The number of esters is 1. The summed E-state index contributed by atoms with van der Waals surface area (Å²) >= 11 is 6.07. The zero-order chi connectivity index (χ0) is 24.9. The fourth-order valence-electron chi connectivity index (χ4n) is 4.43. The molecule has 1 aromatic heterocycles. The monoisotopic (exact) mass is 497 g/mol. The molecule has 184 valence electrons. The smallest absolute Gasteiger partial charge is 0.306 e. The average molecular weight is 498 g/mol. The average Bonchev–Trinajstić information content (AvgIpc) is 3.22. The Balaban J connectivity index is 1.65. The number of nitrogens with zero attached hydrogens (tertiary/aromatic N) is 2. The summed E-state index contributed by atoms with van der Waals surface area (Å²) in [4.78, 5) is 29.8. The molecular weight excluding hydrogens is 469 g/mol. The van der Waals surface area contributed by atoms with Crippen LogP contribution in [0, 0.1) is 5.82 Å². The van der Waals surface area contributed by atoms with Gasteiger partial charge in [-0.25, -0.2) is 9.37 Å². The van der Waals surface area contributed by atoms with Crippen LogP contribution in [0.15, 0.2) is 48.5 Å². The van der Waals surface area contributed by atoms with E-state index >= 15 is 0 Å². The van der Waals surface area contributed by atoms with Crippen LogP contribution in [0.5, 0.6) is 0 Å². The van der Waals surface area contributed by atoms with Crippen LogP contribution in [0.1, 0.15) is 67.2 Å². The molecule has 0 spiro atoms. The van der Waals surface area contributed by atoms with Crippen molar-refractivity contribution in [3.8, 4) is 11.4 Å². The molecule has 2 heterocycles. The van der Waals surface area contributed by atoms with Gasteiger partial charge in [0, 0.05) is 36.5 Å². The van der Waals surface area contributed by atoms with E-state index in [1.165, 1.54) is 12.1 Å². The van der Waals surface area contributed by atoms with Crippen molar-refractivity contribution in [2.24, 2.45) is 0 Å². The second kappa shape index (κ2) is 11.0. The highest BCUT2D eigenvalue weighted by atomic mass is 35.5. The highest BCUT2D eigenvalue weighted by molar-refractivity contribution is 6.30. The third-order valence-electron chi connectivity index (χ3n) is 6.09. The van der Waals surface area contributed by atoms with Gasteiger partial charge in [0.2, 0.25) is 0 Å². The second-order valence-electron chi connectivity index (χ2n) is 9.09. The summed E-state index contributed by atoms with van der Waals surface area (Å²) in [7, 11) is 0. The van der Waals surface area contributed by atoms with Crippen LogP contribution >= 0.6 is 11.6 Å². The Morgan fingerprint density at radius 1 is 1.26 bits per heavy atom. The van der Waals surface area contributed by atoms with Gasteiger partial charge in [-0.2, -0.15) is 0 Å². The van der Waals surface area contributed by atoms with E-state index in [4.69, 9.17) is 21.3 Å². The number of cyclic esters (lactones) is 1. The molecule has 1 saturated heterocycles. The number of rotatable bonds is 8. The van der Waals surface area contributed by atoms with Gasteiger partial charge >= 0.3 is 5.97 Å². The number of hydrogen-bond acceptors (Lipinski definition) is 4. The van der Waals surface area contributed by atoms with Crippen molar-refractivity contribution in [1.29, 1.82) is 0 Å². The number of amides is 1. The molecule has 1 amide bonds. The summed E-state index contributed by atoms with van der Waals surface area (Å²) in [6.07, 6.45) is 2.53. The van der Waals surface area contributed by atoms with Crippen molar-refractivity contribution >= 4 is 23.5 Å². The molecule has 0 aliphatic carbocycles. The molecule has 1 aliphatic rings. The standard InChI is InChI=1S/C27H29ClFN3O3/c1-17(2)25-24(27(34)30-16-18-5-3-6-20(28)15-18)31-26(19-9-11-21(29)12-10-19)32(25)14-13-22-7-4-8-23(33)35-22/h3,5-6,9-12,15,17,22H,4,7-8,13-14,16H2,1-2H3,(H,30,34). The molecule has 0 bridgehead atoms. The number of carbonyl (C=O) groups is 2. The third kappa shape index (κ3) is 6.09. The van der Waals surface area contributed by atoms with Gasteiger partial charge in [0.25, 0.3) is 5.91 Å². The van der Waals surface area contributed by atoms with Gasteiger partial charge in [-0.3, -0.25) is 9.59 Å². The molecule has 4 rings (SSSR count). The van der Waals surface area contributed by atoms with E-state index in [9.17, 15) is 14.0 Å². The molecule has 0 saturated carbocycles. The van der Waals surface area contributed by atoms with Crippen LogP contribution in [-0.2, 0) is 22.6 Å². The number of benzene rings is 2. The molecule has 1 unspecified atom stereocenters. The SMILES string of the molecule is CC(C)c1c(C(=O)NCc2cccc(Cl)c2)nc(-c2ccc(F)cc2)n1CCC1CCCC(=O)O1. The predicted molar refractivity (Wildman–Crippen MR) is 133 cm³/mol. The molecule has 1 N–H and O–H groups in total. The molecule has 1 atom stereocenters. The summed E-state index contributed by atoms with van der Waals surface area (Å²) in [5.74, 6) is -0.221. The Labute approximate surface area is 209 Å². The third-order valence-corrected chi connectivity index (χ3v) is 6.33. The minimum absolute atomic E-state index is 0.00229. The number of ether oxygens (including phenoxy) is 1. The van der Waals surface area contributed by atoms with Crippen molar-refractivity contribution in [3.63, 3.8) is 0 Å². The summed E-state index contributed by atoms with van der Waals surface area (Å²) in [5, 5.41) is 3.55. The summed E-state index contributed by atoms with van der Waals surface area (Å²) in [6, 6.07) is 13.4. The topological polar surface area (TPSA) is 73.2 Å². The van der Waals surface area contributed by atoms with Gasteiger partial charge in [-0.1, -0.05) is 37.6 Å². The van der Waals surface area contributed by atoms with Crippen LogP contribution in [-0.4, -0.2) is 27.5 Å². The maximum Gasteiger partial charge on any atom is 0.306 e. The molecule has 6 nitrogen and oxygen atoms in total. The minimum Gasteiger partial charge on any atom is -0.462 e. The number of nitrogens with one attached hydrogen (secondary N) is 1. The van der Waals surface area contributed by atoms with Crippen molar-refractivity contribution < 1.29 is 18.7 Å². The van der Waals surface area contributed by atoms with Gasteiger partial charge in [0.15, 0.2) is 0 Å². The summed E-state index contributed by atoms with van der Waals surface area (Å²) in [5.41, 5.74) is 2.72. The first-order valence-electron chi connectivity index (χ1n) is 11.9. The molecule has 1 fully saturated rings. The number of aromatic nitrogens is 2. The van der Waals surface area contributed by atoms with Crippen LogP contribution < -0.4 is 5.32 Å². The van der Waals surface area contributed by atoms with E-state index in [1.807, 2.05) is 30.5 Å². The van der Waals surface area contributed by atoms with Gasteiger partial charge in [-0.15, -0.1) is 0 Å². The highest BCUT2D eigenvalue weighted by Gasteiger charge is 2.27. The molecule has 0 radical (unpaired) electrons. The number of hydrogen-bond donors (Lipinski definition) is 1. The van der Waals surface area contributed by atoms with E-state index in [2.05, 4.69) is 5.32 Å². The lowest BCUT2D eigenvalue weighted by molar-refractivity contribution is -0.154. The molecule has 8 heteroatoms. The Morgan fingerprint density at radius 3 is 2.71 bits per heavy atom. The number of carbonyl (C=O) groups excluding carboxylic acids is 2. The minimum atomic E-state index is -0.343. The van der Waals surface area contributed by atoms with Crippen LogP contribution in [0.2, 0.25) is 5.02 Å². The van der Waals surface area contributed by atoms with E-state index < -0.39 is 0 Å². The first kappa shape index (κ1) is 24.9. The lowest BCUT2D eigenvalue weighted by Crippen LogP contribution is -2.26. The Kier molecular flexibility index (Phi) is 7.86. The number of halogens is 2. The molecule has 2 aromatic carbocycles. The molecule has 1 aliphatic heterocycles. The van der Waals surface area contributed by atoms with Crippen molar-refractivity contribution in [2.75, 3.05) is 0 Å². The van der Waals surface area contributed by atoms with Gasteiger partial charge in [0.05, 0.1) is 5.69 Å². The van der Waals surface area contributed by atoms with Crippen molar-refractivity contribution in [2.45, 2.75) is 64.6 Å². The van der Waals surface area contributed by atoms with E-state index in [0.29, 0.717) is 48.0 Å². The van der Waals surface area contributed by atoms with Gasteiger partial charge in [0.1, 0.15) is 23.4 Å². The maximum absolute atomic E-state index is 13.6. The van der Waals surface area contributed by atoms with Crippen LogP contribution in [0.25, 0.3) is 11.4 Å². The molecule has 35 heavy (non-hydrogen) atoms. The first-order valence-corrected chi connectivity index (χ1v) is 12.3. The fourth-order valence-corrected chi connectivity index (χ4v) is 4.64.